The lowest BCUT2D eigenvalue weighted by molar-refractivity contribution is -0.138. The number of halogens is 1. The molecule has 166 valence electrons. The van der Waals surface area contributed by atoms with E-state index >= 15 is 0 Å². The summed E-state index contributed by atoms with van der Waals surface area (Å²) in [6, 6.07) is 12.2. The molecule has 2 aromatic rings. The number of allylic oxidation sites excluding steroid dienone is 1. The number of nitrogens with one attached hydrogen (secondary N) is 1. The minimum absolute atomic E-state index is 0.0816. The summed E-state index contributed by atoms with van der Waals surface area (Å²) in [6.45, 7) is 4.05. The molecule has 0 saturated carbocycles. The van der Waals surface area contributed by atoms with Gasteiger partial charge in [-0.05, 0) is 41.7 Å². The van der Waals surface area contributed by atoms with Crippen LogP contribution in [0.25, 0.3) is 0 Å². The third-order valence-electron chi connectivity index (χ3n) is 5.91. The fourth-order valence-electron chi connectivity index (χ4n) is 4.56. The predicted molar refractivity (Wildman–Crippen MR) is 119 cm³/mol. The minimum Gasteiger partial charge on any atom is -0.481 e. The van der Waals surface area contributed by atoms with Crippen LogP contribution in [-0.4, -0.2) is 22.8 Å². The molecule has 6 nitrogen and oxygen atoms in total. The molecule has 0 aromatic heterocycles. The first-order valence-electron chi connectivity index (χ1n) is 10.6. The fourth-order valence-corrected chi connectivity index (χ4v) is 4.56. The number of Topliss-reactive ketones (excluding diaryl/α,β-unsaturated/α-hetero) is 1. The first-order chi connectivity index (χ1) is 15.2. The standard InChI is InChI=1S/C25H25FN2O4/c1-25(2)13-18-23(20(29)14-25)24(15-7-9-16(26)10-8-15)28(21(30)11-12-22(31)32)19-6-4-3-5-17(19)27-18/h3-10,24,27H,11-14H2,1-2H3,(H,31,32)/t24-/m1/s1. The molecule has 1 amide bonds. The second-order valence-electron chi connectivity index (χ2n) is 9.09. The third kappa shape index (κ3) is 4.15. The zero-order valence-corrected chi connectivity index (χ0v) is 18.0. The summed E-state index contributed by atoms with van der Waals surface area (Å²) in [7, 11) is 0. The summed E-state index contributed by atoms with van der Waals surface area (Å²) >= 11 is 0. The van der Waals surface area contributed by atoms with E-state index in [9.17, 15) is 18.8 Å². The average Bonchev–Trinajstić information content (AvgIpc) is 2.86. The zero-order chi connectivity index (χ0) is 23.0. The lowest BCUT2D eigenvalue weighted by atomic mass is 9.73. The summed E-state index contributed by atoms with van der Waals surface area (Å²) in [6.07, 6.45) is 0.383. The molecular formula is C25H25FN2O4. The van der Waals surface area contributed by atoms with Crippen LogP contribution in [0.3, 0.4) is 0 Å². The second kappa shape index (κ2) is 8.22. The van der Waals surface area contributed by atoms with Crippen LogP contribution < -0.4 is 10.2 Å². The van der Waals surface area contributed by atoms with Crippen molar-refractivity contribution in [3.05, 3.63) is 71.2 Å². The Morgan fingerprint density at radius 3 is 2.47 bits per heavy atom. The monoisotopic (exact) mass is 436 g/mol. The molecule has 0 spiro atoms. The van der Waals surface area contributed by atoms with Crippen molar-refractivity contribution in [2.75, 3.05) is 10.2 Å². The van der Waals surface area contributed by atoms with Gasteiger partial charge in [0.15, 0.2) is 5.78 Å². The Morgan fingerprint density at radius 1 is 1.09 bits per heavy atom. The average molecular weight is 436 g/mol. The molecule has 0 saturated heterocycles. The zero-order valence-electron chi connectivity index (χ0n) is 18.0. The largest absolute Gasteiger partial charge is 0.481 e. The van der Waals surface area contributed by atoms with E-state index in [1.807, 2.05) is 26.0 Å². The van der Waals surface area contributed by atoms with Gasteiger partial charge in [-0.15, -0.1) is 0 Å². The summed E-state index contributed by atoms with van der Waals surface area (Å²) in [4.78, 5) is 39.5. The quantitative estimate of drug-likeness (QED) is 0.717. The highest BCUT2D eigenvalue weighted by molar-refractivity contribution is 6.06. The van der Waals surface area contributed by atoms with Crippen LogP contribution in [0.1, 0.15) is 51.1 Å². The number of hydrogen-bond acceptors (Lipinski definition) is 4. The van der Waals surface area contributed by atoms with E-state index in [0.717, 1.165) is 5.70 Å². The highest BCUT2D eigenvalue weighted by atomic mass is 19.1. The van der Waals surface area contributed by atoms with Gasteiger partial charge >= 0.3 is 5.97 Å². The van der Waals surface area contributed by atoms with Gasteiger partial charge in [0.1, 0.15) is 5.82 Å². The minimum atomic E-state index is -1.08. The first kappa shape index (κ1) is 21.7. The van der Waals surface area contributed by atoms with E-state index in [1.165, 1.54) is 17.0 Å². The van der Waals surface area contributed by atoms with Crippen molar-refractivity contribution < 1.29 is 23.9 Å². The van der Waals surface area contributed by atoms with Crippen molar-refractivity contribution in [3.8, 4) is 0 Å². The number of anilines is 2. The number of carboxylic acids is 1. The molecule has 2 aliphatic rings. The van der Waals surface area contributed by atoms with Crippen LogP contribution in [0, 0.1) is 11.2 Å². The van der Waals surface area contributed by atoms with Gasteiger partial charge in [0.2, 0.25) is 5.91 Å². The summed E-state index contributed by atoms with van der Waals surface area (Å²) in [5, 5.41) is 12.5. The fraction of sp³-hybridized carbons (Fsp3) is 0.320. The number of carbonyl (C=O) groups excluding carboxylic acids is 2. The van der Waals surface area contributed by atoms with Crippen LogP contribution in [0.5, 0.6) is 0 Å². The molecule has 1 atom stereocenters. The van der Waals surface area contributed by atoms with Gasteiger partial charge in [0.25, 0.3) is 0 Å². The normalized spacial score (nSPS) is 19.5. The number of para-hydroxylation sites is 2. The highest BCUT2D eigenvalue weighted by Gasteiger charge is 2.43. The lowest BCUT2D eigenvalue weighted by Crippen LogP contribution is -2.39. The molecule has 0 radical (unpaired) electrons. The van der Waals surface area contributed by atoms with Crippen LogP contribution in [0.2, 0.25) is 0 Å². The van der Waals surface area contributed by atoms with Crippen molar-refractivity contribution in [2.24, 2.45) is 5.41 Å². The Morgan fingerprint density at radius 2 is 1.78 bits per heavy atom. The Kier molecular flexibility index (Phi) is 5.59. The second-order valence-corrected chi connectivity index (χ2v) is 9.09. The van der Waals surface area contributed by atoms with Crippen LogP contribution in [0.4, 0.5) is 15.8 Å². The number of ketones is 1. The number of rotatable bonds is 4. The molecule has 0 fully saturated rings. The van der Waals surface area contributed by atoms with Gasteiger partial charge in [0, 0.05) is 24.1 Å². The van der Waals surface area contributed by atoms with E-state index in [-0.39, 0.29) is 24.0 Å². The van der Waals surface area contributed by atoms with Gasteiger partial charge in [-0.3, -0.25) is 19.3 Å². The van der Waals surface area contributed by atoms with E-state index in [0.29, 0.717) is 35.4 Å². The third-order valence-corrected chi connectivity index (χ3v) is 5.91. The number of amides is 1. The first-order valence-corrected chi connectivity index (χ1v) is 10.6. The number of fused-ring (bicyclic) bond motifs is 1. The SMILES string of the molecule is CC1(C)CC(=O)C2=C(C1)Nc1ccccc1N(C(=O)CCC(=O)O)[C@@H]2c1ccc(F)cc1. The van der Waals surface area contributed by atoms with Crippen molar-refractivity contribution in [2.45, 2.75) is 45.6 Å². The molecule has 1 aliphatic carbocycles. The smallest absolute Gasteiger partial charge is 0.303 e. The summed E-state index contributed by atoms with van der Waals surface area (Å²) < 4.78 is 13.7. The number of nitrogens with zero attached hydrogens (tertiary/aromatic N) is 1. The van der Waals surface area contributed by atoms with Gasteiger partial charge in [0.05, 0.1) is 23.8 Å². The van der Waals surface area contributed by atoms with Crippen molar-refractivity contribution in [1.82, 2.24) is 0 Å². The maximum absolute atomic E-state index is 13.7. The molecule has 1 heterocycles. The maximum Gasteiger partial charge on any atom is 0.303 e. The Labute approximate surface area is 185 Å². The van der Waals surface area contributed by atoms with Gasteiger partial charge < -0.3 is 10.4 Å². The van der Waals surface area contributed by atoms with Crippen molar-refractivity contribution in [3.63, 3.8) is 0 Å². The molecule has 0 unspecified atom stereocenters. The Hall–Kier alpha value is -3.48. The number of hydrogen-bond donors (Lipinski definition) is 2. The molecule has 0 bridgehead atoms. The van der Waals surface area contributed by atoms with Crippen molar-refractivity contribution >= 4 is 29.0 Å². The Balaban J connectivity index is 1.95. The molecule has 2 N–H and O–H groups in total. The molecule has 7 heteroatoms. The maximum atomic E-state index is 13.7. The number of carbonyl (C=O) groups is 3. The van der Waals surface area contributed by atoms with Gasteiger partial charge in [-0.25, -0.2) is 4.39 Å². The Bertz CT molecular complexity index is 1120. The van der Waals surface area contributed by atoms with E-state index < -0.39 is 23.7 Å². The van der Waals surface area contributed by atoms with E-state index in [2.05, 4.69) is 5.32 Å². The van der Waals surface area contributed by atoms with Gasteiger partial charge in [-0.2, -0.15) is 0 Å². The molecule has 2 aromatic carbocycles. The molecule has 4 rings (SSSR count). The molecular weight excluding hydrogens is 411 g/mol. The predicted octanol–water partition coefficient (Wildman–Crippen LogP) is 4.83. The summed E-state index contributed by atoms with van der Waals surface area (Å²) in [5.74, 6) is -1.99. The van der Waals surface area contributed by atoms with E-state index in [1.54, 1.807) is 24.3 Å². The topological polar surface area (TPSA) is 86.7 Å². The van der Waals surface area contributed by atoms with Gasteiger partial charge in [-0.1, -0.05) is 38.1 Å². The summed E-state index contributed by atoms with van der Waals surface area (Å²) in [5.41, 5.74) is 2.76. The molecule has 32 heavy (non-hydrogen) atoms. The highest BCUT2D eigenvalue weighted by Crippen LogP contribution is 2.48. The van der Waals surface area contributed by atoms with E-state index in [4.69, 9.17) is 5.11 Å². The number of aliphatic carboxylic acids is 1. The van der Waals surface area contributed by atoms with Crippen molar-refractivity contribution in [1.29, 1.82) is 0 Å². The number of carboxylic acid groups (broad SMARTS) is 1. The van der Waals surface area contributed by atoms with Crippen LogP contribution >= 0.6 is 0 Å². The number of benzene rings is 2. The van der Waals surface area contributed by atoms with Crippen LogP contribution in [-0.2, 0) is 14.4 Å². The lowest BCUT2D eigenvalue weighted by Gasteiger charge is -2.37. The molecule has 1 aliphatic heterocycles. The van der Waals surface area contributed by atoms with Crippen LogP contribution in [0.15, 0.2) is 59.8 Å².